The summed E-state index contributed by atoms with van der Waals surface area (Å²) in [5, 5.41) is 7.48. The second kappa shape index (κ2) is 8.26. The predicted octanol–water partition coefficient (Wildman–Crippen LogP) is 3.35. The highest BCUT2D eigenvalue weighted by molar-refractivity contribution is 5.91. The second-order valence-corrected chi connectivity index (χ2v) is 7.98. The van der Waals surface area contributed by atoms with Crippen molar-refractivity contribution in [2.45, 2.75) is 53.0 Å². The van der Waals surface area contributed by atoms with E-state index >= 15 is 0 Å². The van der Waals surface area contributed by atoms with Crippen LogP contribution in [0.3, 0.4) is 0 Å². The van der Waals surface area contributed by atoms with Gasteiger partial charge in [-0.05, 0) is 56.9 Å². The average Bonchev–Trinajstić information content (AvgIpc) is 3.27. The molecule has 1 N–H and O–H groups in total. The molecule has 7 nitrogen and oxygen atoms in total. The zero-order valence-electron chi connectivity index (χ0n) is 17.7. The van der Waals surface area contributed by atoms with Gasteiger partial charge in [0.05, 0.1) is 5.69 Å². The highest BCUT2D eigenvalue weighted by atomic mass is 16.2. The fourth-order valence-electron chi connectivity index (χ4n) is 4.10. The van der Waals surface area contributed by atoms with E-state index in [2.05, 4.69) is 15.4 Å². The number of likely N-dealkylation sites (tertiary alicyclic amines) is 1. The number of hydrogen-bond donors (Lipinski definition) is 1. The van der Waals surface area contributed by atoms with Gasteiger partial charge in [-0.1, -0.05) is 12.1 Å². The van der Waals surface area contributed by atoms with Crippen LogP contribution in [0.1, 0.15) is 47.5 Å². The Bertz CT molecular complexity index is 1120. The summed E-state index contributed by atoms with van der Waals surface area (Å²) >= 11 is 0. The molecule has 3 heterocycles. The lowest BCUT2D eigenvalue weighted by Gasteiger charge is -2.16. The van der Waals surface area contributed by atoms with Crippen LogP contribution in [0.4, 0.5) is 5.69 Å². The molecule has 30 heavy (non-hydrogen) atoms. The third-order valence-corrected chi connectivity index (χ3v) is 5.64. The molecule has 0 spiro atoms. The minimum atomic E-state index is -0.0417. The van der Waals surface area contributed by atoms with Crippen LogP contribution >= 0.6 is 0 Å². The molecule has 1 fully saturated rings. The maximum Gasteiger partial charge on any atom is 0.224 e. The van der Waals surface area contributed by atoms with E-state index in [4.69, 9.17) is 0 Å². The number of amides is 2. The number of carbonyl (C=O) groups excluding carboxylic acids is 2. The molecular weight excluding hydrogens is 378 g/mol. The summed E-state index contributed by atoms with van der Waals surface area (Å²) in [6.07, 6.45) is 2.53. The third kappa shape index (κ3) is 4.20. The number of aryl methyl sites for hydroxylation is 3. The van der Waals surface area contributed by atoms with Crippen LogP contribution in [-0.2, 0) is 22.6 Å². The van der Waals surface area contributed by atoms with Gasteiger partial charge in [-0.2, -0.15) is 5.10 Å². The van der Waals surface area contributed by atoms with Crippen LogP contribution in [0.2, 0.25) is 0 Å². The van der Waals surface area contributed by atoms with Crippen LogP contribution in [0.25, 0.3) is 5.65 Å². The molecule has 0 bridgehead atoms. The number of aromatic nitrogens is 3. The summed E-state index contributed by atoms with van der Waals surface area (Å²) in [5.74, 6) is 0.160. The third-order valence-electron chi connectivity index (χ3n) is 5.64. The van der Waals surface area contributed by atoms with Crippen LogP contribution < -0.4 is 5.32 Å². The molecule has 7 heteroatoms. The molecule has 1 aliphatic rings. The first kappa shape index (κ1) is 20.1. The molecule has 1 aliphatic heterocycles. The normalized spacial score (nSPS) is 14.0. The summed E-state index contributed by atoms with van der Waals surface area (Å²) in [5.41, 5.74) is 6.56. The Kier molecular flexibility index (Phi) is 5.53. The van der Waals surface area contributed by atoms with Gasteiger partial charge < -0.3 is 10.2 Å². The van der Waals surface area contributed by atoms with Gasteiger partial charge in [0.15, 0.2) is 5.65 Å². The first-order chi connectivity index (χ1) is 14.4. The van der Waals surface area contributed by atoms with Crippen LogP contribution in [0.15, 0.2) is 30.3 Å². The van der Waals surface area contributed by atoms with Gasteiger partial charge in [0.2, 0.25) is 11.8 Å². The first-order valence-corrected chi connectivity index (χ1v) is 10.4. The SMILES string of the molecule is Cc1cc2nc(C)c(CCC(=O)Nc3cccc(CN4CCCC4=O)c3)c(C)n2n1. The van der Waals surface area contributed by atoms with Gasteiger partial charge in [0, 0.05) is 49.1 Å². The summed E-state index contributed by atoms with van der Waals surface area (Å²) < 4.78 is 1.85. The lowest BCUT2D eigenvalue weighted by Crippen LogP contribution is -2.23. The van der Waals surface area contributed by atoms with Gasteiger partial charge in [-0.3, -0.25) is 9.59 Å². The number of nitrogens with zero attached hydrogens (tertiary/aromatic N) is 4. The molecule has 0 unspecified atom stereocenters. The van der Waals surface area contributed by atoms with Crippen molar-refractivity contribution in [3.05, 3.63) is 58.5 Å². The van der Waals surface area contributed by atoms with E-state index in [-0.39, 0.29) is 11.8 Å². The molecule has 1 aromatic carbocycles. The van der Waals surface area contributed by atoms with Crippen LogP contribution in [-0.4, -0.2) is 37.9 Å². The number of carbonyl (C=O) groups is 2. The van der Waals surface area contributed by atoms with Crippen molar-refractivity contribution in [3.8, 4) is 0 Å². The van der Waals surface area contributed by atoms with Crippen molar-refractivity contribution in [2.75, 3.05) is 11.9 Å². The molecule has 1 saturated heterocycles. The molecule has 2 amide bonds. The van der Waals surface area contributed by atoms with Gasteiger partial charge >= 0.3 is 0 Å². The molecule has 156 valence electrons. The van der Waals surface area contributed by atoms with Gasteiger partial charge in [-0.15, -0.1) is 0 Å². The molecule has 0 radical (unpaired) electrons. The van der Waals surface area contributed by atoms with Gasteiger partial charge in [0.1, 0.15) is 0 Å². The number of fused-ring (bicyclic) bond motifs is 1. The molecule has 0 saturated carbocycles. The molecular formula is C23H27N5O2. The highest BCUT2D eigenvalue weighted by Crippen LogP contribution is 2.19. The topological polar surface area (TPSA) is 79.6 Å². The molecule has 4 rings (SSSR count). The van der Waals surface area contributed by atoms with Crippen molar-refractivity contribution in [1.82, 2.24) is 19.5 Å². The predicted molar refractivity (Wildman–Crippen MR) is 115 cm³/mol. The van der Waals surface area contributed by atoms with Gasteiger partial charge in [-0.25, -0.2) is 9.50 Å². The monoisotopic (exact) mass is 405 g/mol. The molecule has 0 atom stereocenters. The summed E-state index contributed by atoms with van der Waals surface area (Å²) in [6.45, 7) is 7.35. The Morgan fingerprint density at radius 1 is 1.20 bits per heavy atom. The number of benzene rings is 1. The number of nitrogens with one attached hydrogen (secondary N) is 1. The fourth-order valence-corrected chi connectivity index (χ4v) is 4.10. The molecule has 0 aliphatic carbocycles. The van der Waals surface area contributed by atoms with E-state index in [0.717, 1.165) is 52.5 Å². The maximum atomic E-state index is 12.6. The zero-order chi connectivity index (χ0) is 21.3. The lowest BCUT2D eigenvalue weighted by atomic mass is 10.1. The largest absolute Gasteiger partial charge is 0.338 e. The van der Waals surface area contributed by atoms with Crippen molar-refractivity contribution in [1.29, 1.82) is 0 Å². The number of rotatable bonds is 6. The molecule has 3 aromatic rings. The number of hydrogen-bond acceptors (Lipinski definition) is 4. The minimum absolute atomic E-state index is 0.0417. The Morgan fingerprint density at radius 3 is 2.80 bits per heavy atom. The Morgan fingerprint density at radius 2 is 2.03 bits per heavy atom. The summed E-state index contributed by atoms with van der Waals surface area (Å²) in [7, 11) is 0. The standard InChI is InChI=1S/C23H27N5O2/c1-15-12-21-24-16(2)20(17(3)28(21)26-15)9-10-22(29)25-19-7-4-6-18(13-19)14-27-11-5-8-23(27)30/h4,6-7,12-13H,5,8-11,14H2,1-3H3,(H,25,29). The van der Waals surface area contributed by atoms with E-state index in [1.54, 1.807) is 0 Å². The summed E-state index contributed by atoms with van der Waals surface area (Å²) in [6, 6.07) is 9.68. The van der Waals surface area contributed by atoms with E-state index in [1.807, 2.05) is 60.5 Å². The second-order valence-electron chi connectivity index (χ2n) is 7.98. The maximum absolute atomic E-state index is 12.6. The van der Waals surface area contributed by atoms with Crippen molar-refractivity contribution >= 4 is 23.1 Å². The Hall–Kier alpha value is -3.22. The van der Waals surface area contributed by atoms with Crippen molar-refractivity contribution < 1.29 is 9.59 Å². The average molecular weight is 406 g/mol. The first-order valence-electron chi connectivity index (χ1n) is 10.4. The quantitative estimate of drug-likeness (QED) is 0.682. The fraction of sp³-hybridized carbons (Fsp3) is 0.391. The van der Waals surface area contributed by atoms with Crippen molar-refractivity contribution in [3.63, 3.8) is 0 Å². The van der Waals surface area contributed by atoms with Crippen LogP contribution in [0.5, 0.6) is 0 Å². The van der Waals surface area contributed by atoms with E-state index in [0.29, 0.717) is 25.8 Å². The minimum Gasteiger partial charge on any atom is -0.338 e. The van der Waals surface area contributed by atoms with E-state index < -0.39 is 0 Å². The Labute approximate surface area is 176 Å². The highest BCUT2D eigenvalue weighted by Gasteiger charge is 2.20. The van der Waals surface area contributed by atoms with Crippen molar-refractivity contribution in [2.24, 2.45) is 0 Å². The smallest absolute Gasteiger partial charge is 0.224 e. The number of anilines is 1. The summed E-state index contributed by atoms with van der Waals surface area (Å²) in [4.78, 5) is 30.9. The van der Waals surface area contributed by atoms with E-state index in [9.17, 15) is 9.59 Å². The Balaban J connectivity index is 1.40. The van der Waals surface area contributed by atoms with E-state index in [1.165, 1.54) is 0 Å². The molecule has 2 aromatic heterocycles. The van der Waals surface area contributed by atoms with Crippen LogP contribution in [0, 0.1) is 20.8 Å². The van der Waals surface area contributed by atoms with Gasteiger partial charge in [0.25, 0.3) is 0 Å². The lowest BCUT2D eigenvalue weighted by molar-refractivity contribution is -0.128. The zero-order valence-corrected chi connectivity index (χ0v) is 17.7.